The molecule has 0 aliphatic heterocycles. The lowest BCUT2D eigenvalue weighted by atomic mass is 10.1. The second-order valence-corrected chi connectivity index (χ2v) is 3.15. The molecule has 1 aromatic heterocycles. The van der Waals surface area contributed by atoms with E-state index in [1.54, 1.807) is 6.20 Å². The van der Waals surface area contributed by atoms with E-state index in [9.17, 15) is 0 Å². The fourth-order valence-corrected chi connectivity index (χ4v) is 1.42. The average molecular weight is 178 g/mol. The van der Waals surface area contributed by atoms with Gasteiger partial charge in [-0.05, 0) is 24.6 Å². The summed E-state index contributed by atoms with van der Waals surface area (Å²) in [6.45, 7) is 1.98. The number of fused-ring (bicyclic) bond motifs is 1. The van der Waals surface area contributed by atoms with Crippen LogP contribution in [0.25, 0.3) is 10.9 Å². The van der Waals surface area contributed by atoms with Crippen LogP contribution in [0.15, 0.2) is 30.5 Å². The number of halogens is 1. The molecule has 0 unspecified atom stereocenters. The topological polar surface area (TPSA) is 12.9 Å². The first kappa shape index (κ1) is 7.56. The minimum absolute atomic E-state index is 0.779. The largest absolute Gasteiger partial charge is 0.256 e. The Morgan fingerprint density at radius 2 is 2.08 bits per heavy atom. The molecular formula is C10H8ClN. The van der Waals surface area contributed by atoms with Gasteiger partial charge in [-0.1, -0.05) is 23.7 Å². The molecule has 1 nitrogen and oxygen atoms in total. The summed E-state index contributed by atoms with van der Waals surface area (Å²) >= 11 is 5.95. The lowest BCUT2D eigenvalue weighted by molar-refractivity contribution is 1.37. The molecule has 12 heavy (non-hydrogen) atoms. The number of nitrogens with zero attached hydrogens (tertiary/aromatic N) is 1. The van der Waals surface area contributed by atoms with Crippen LogP contribution in [0.2, 0.25) is 5.02 Å². The fraction of sp³-hybridized carbons (Fsp3) is 0.100. The molecule has 0 bridgehead atoms. The van der Waals surface area contributed by atoms with Crippen LogP contribution in [0.4, 0.5) is 0 Å². The van der Waals surface area contributed by atoms with Gasteiger partial charge in [0, 0.05) is 16.6 Å². The van der Waals surface area contributed by atoms with Crippen molar-refractivity contribution in [1.29, 1.82) is 0 Å². The van der Waals surface area contributed by atoms with E-state index in [1.165, 1.54) is 0 Å². The normalized spacial score (nSPS) is 10.5. The minimum Gasteiger partial charge on any atom is -0.256 e. The van der Waals surface area contributed by atoms with Gasteiger partial charge in [-0.3, -0.25) is 4.98 Å². The van der Waals surface area contributed by atoms with Crippen molar-refractivity contribution in [2.75, 3.05) is 0 Å². The van der Waals surface area contributed by atoms with E-state index < -0.39 is 0 Å². The predicted octanol–water partition coefficient (Wildman–Crippen LogP) is 3.20. The third-order valence-electron chi connectivity index (χ3n) is 1.96. The zero-order valence-corrected chi connectivity index (χ0v) is 7.47. The Morgan fingerprint density at radius 1 is 1.25 bits per heavy atom. The maximum absolute atomic E-state index is 5.95. The molecule has 2 rings (SSSR count). The van der Waals surface area contributed by atoms with E-state index in [2.05, 4.69) is 4.98 Å². The van der Waals surface area contributed by atoms with Crippen LogP contribution in [-0.4, -0.2) is 4.98 Å². The Labute approximate surface area is 76.0 Å². The summed E-state index contributed by atoms with van der Waals surface area (Å²) < 4.78 is 0. The summed E-state index contributed by atoms with van der Waals surface area (Å²) in [6.07, 6.45) is 1.78. The summed E-state index contributed by atoms with van der Waals surface area (Å²) in [5, 5.41) is 1.92. The molecule has 2 heteroatoms. The summed E-state index contributed by atoms with van der Waals surface area (Å²) in [4.78, 5) is 4.26. The van der Waals surface area contributed by atoms with Crippen LogP contribution < -0.4 is 0 Å². The number of rotatable bonds is 0. The molecule has 0 saturated carbocycles. The fourth-order valence-electron chi connectivity index (χ4n) is 1.27. The van der Waals surface area contributed by atoms with Crippen LogP contribution in [-0.2, 0) is 0 Å². The van der Waals surface area contributed by atoms with Crippen molar-refractivity contribution in [2.45, 2.75) is 6.92 Å². The molecule has 0 spiro atoms. The van der Waals surface area contributed by atoms with Crippen LogP contribution in [0.1, 0.15) is 5.56 Å². The molecule has 0 saturated heterocycles. The number of benzene rings is 1. The average Bonchev–Trinajstić information content (AvgIpc) is 2.12. The highest BCUT2D eigenvalue weighted by atomic mass is 35.5. The number of hydrogen-bond acceptors (Lipinski definition) is 1. The van der Waals surface area contributed by atoms with E-state index >= 15 is 0 Å². The van der Waals surface area contributed by atoms with Crippen molar-refractivity contribution in [3.63, 3.8) is 0 Å². The Balaban J connectivity index is 2.91. The molecule has 0 aliphatic carbocycles. The second kappa shape index (κ2) is 2.76. The number of pyridine rings is 1. The molecule has 0 atom stereocenters. The van der Waals surface area contributed by atoms with Crippen molar-refractivity contribution in [1.82, 2.24) is 4.98 Å². The van der Waals surface area contributed by atoms with E-state index in [0.717, 1.165) is 21.5 Å². The Bertz CT molecular complexity index is 423. The van der Waals surface area contributed by atoms with Crippen molar-refractivity contribution in [3.8, 4) is 0 Å². The SMILES string of the molecule is Cc1c(Cl)ccc2cccnc12. The lowest BCUT2D eigenvalue weighted by Gasteiger charge is -2.01. The molecule has 0 aliphatic rings. The van der Waals surface area contributed by atoms with Gasteiger partial charge < -0.3 is 0 Å². The van der Waals surface area contributed by atoms with Gasteiger partial charge in [-0.25, -0.2) is 0 Å². The molecule has 0 N–H and O–H groups in total. The number of aryl methyl sites for hydroxylation is 1. The number of hydrogen-bond donors (Lipinski definition) is 0. The third kappa shape index (κ3) is 1.07. The smallest absolute Gasteiger partial charge is 0.0745 e. The first-order valence-corrected chi connectivity index (χ1v) is 4.16. The Kier molecular flexibility index (Phi) is 1.74. The lowest BCUT2D eigenvalue weighted by Crippen LogP contribution is -1.82. The zero-order chi connectivity index (χ0) is 8.55. The highest BCUT2D eigenvalue weighted by Crippen LogP contribution is 2.22. The Morgan fingerprint density at radius 3 is 2.92 bits per heavy atom. The molecule has 1 aromatic carbocycles. The van der Waals surface area contributed by atoms with Gasteiger partial charge in [0.15, 0.2) is 0 Å². The minimum atomic E-state index is 0.779. The summed E-state index contributed by atoms with van der Waals surface area (Å²) in [5.41, 5.74) is 2.04. The van der Waals surface area contributed by atoms with Crippen molar-refractivity contribution in [2.24, 2.45) is 0 Å². The highest BCUT2D eigenvalue weighted by molar-refractivity contribution is 6.32. The van der Waals surface area contributed by atoms with E-state index in [0.29, 0.717) is 0 Å². The number of aromatic nitrogens is 1. The van der Waals surface area contributed by atoms with Crippen LogP contribution >= 0.6 is 11.6 Å². The van der Waals surface area contributed by atoms with Gasteiger partial charge >= 0.3 is 0 Å². The summed E-state index contributed by atoms with van der Waals surface area (Å²) in [7, 11) is 0. The highest BCUT2D eigenvalue weighted by Gasteiger charge is 2.00. The van der Waals surface area contributed by atoms with Gasteiger partial charge in [-0.15, -0.1) is 0 Å². The van der Waals surface area contributed by atoms with E-state index in [-0.39, 0.29) is 0 Å². The maximum atomic E-state index is 5.95. The first-order valence-electron chi connectivity index (χ1n) is 3.79. The van der Waals surface area contributed by atoms with E-state index in [1.807, 2.05) is 31.2 Å². The van der Waals surface area contributed by atoms with Crippen molar-refractivity contribution >= 4 is 22.5 Å². The van der Waals surface area contributed by atoms with Crippen molar-refractivity contribution < 1.29 is 0 Å². The second-order valence-electron chi connectivity index (χ2n) is 2.75. The van der Waals surface area contributed by atoms with Crippen LogP contribution in [0.3, 0.4) is 0 Å². The van der Waals surface area contributed by atoms with Gasteiger partial charge in [0.25, 0.3) is 0 Å². The molecule has 2 aromatic rings. The van der Waals surface area contributed by atoms with Gasteiger partial charge in [0.1, 0.15) is 0 Å². The van der Waals surface area contributed by atoms with Gasteiger partial charge in [-0.2, -0.15) is 0 Å². The molecule has 1 heterocycles. The monoisotopic (exact) mass is 177 g/mol. The molecule has 0 amide bonds. The quantitative estimate of drug-likeness (QED) is 0.602. The maximum Gasteiger partial charge on any atom is 0.0745 e. The van der Waals surface area contributed by atoms with Crippen molar-refractivity contribution in [3.05, 3.63) is 41.0 Å². The Hall–Kier alpha value is -1.08. The predicted molar refractivity (Wildman–Crippen MR) is 51.5 cm³/mol. The van der Waals surface area contributed by atoms with Crippen LogP contribution in [0.5, 0.6) is 0 Å². The zero-order valence-electron chi connectivity index (χ0n) is 6.71. The molecule has 0 fully saturated rings. The van der Waals surface area contributed by atoms with Gasteiger partial charge in [0.2, 0.25) is 0 Å². The van der Waals surface area contributed by atoms with Gasteiger partial charge in [0.05, 0.1) is 5.52 Å². The first-order chi connectivity index (χ1) is 5.79. The molecular weight excluding hydrogens is 170 g/mol. The standard InChI is InChI=1S/C10H8ClN/c1-7-9(11)5-4-8-3-2-6-12-10(7)8/h2-6H,1H3. The van der Waals surface area contributed by atoms with E-state index in [4.69, 9.17) is 11.6 Å². The molecule has 60 valence electrons. The summed E-state index contributed by atoms with van der Waals surface area (Å²) in [6, 6.07) is 7.85. The summed E-state index contributed by atoms with van der Waals surface area (Å²) in [5.74, 6) is 0. The third-order valence-corrected chi connectivity index (χ3v) is 2.37. The molecule has 0 radical (unpaired) electrons. The van der Waals surface area contributed by atoms with Crippen LogP contribution in [0, 0.1) is 6.92 Å².